The van der Waals surface area contributed by atoms with Crippen LogP contribution >= 0.6 is 0 Å². The summed E-state index contributed by atoms with van der Waals surface area (Å²) < 4.78 is 6.10. The summed E-state index contributed by atoms with van der Waals surface area (Å²) in [7, 11) is 0. The average molecular weight is 338 g/mol. The van der Waals surface area contributed by atoms with Crippen LogP contribution < -0.4 is 4.74 Å². The number of hydrogen-bond donors (Lipinski definition) is 1. The first-order valence-electron chi connectivity index (χ1n) is 8.23. The molecule has 1 aromatic heterocycles. The second-order valence-electron chi connectivity index (χ2n) is 6.31. The first-order chi connectivity index (χ1) is 12.2. The molecule has 0 spiro atoms. The number of ether oxygens (including phenoxy) is 1. The largest absolute Gasteiger partial charge is 0.489 e. The zero-order chi connectivity index (χ0) is 17.2. The maximum atomic E-state index is 10.7. The van der Waals surface area contributed by atoms with Crippen molar-refractivity contribution in [3.8, 4) is 5.75 Å². The van der Waals surface area contributed by atoms with Gasteiger partial charge in [0.25, 0.3) is 5.69 Å². The molecule has 1 fully saturated rings. The van der Waals surface area contributed by atoms with Gasteiger partial charge in [-0.1, -0.05) is 12.1 Å². The van der Waals surface area contributed by atoms with Crippen LogP contribution in [0, 0.1) is 10.1 Å². The molecule has 1 atom stereocenters. The molecule has 128 valence electrons. The van der Waals surface area contributed by atoms with E-state index in [0.717, 1.165) is 48.3 Å². The third-order valence-corrected chi connectivity index (χ3v) is 4.50. The molecular formula is C18H18N4O3. The highest BCUT2D eigenvalue weighted by molar-refractivity contribution is 5.79. The van der Waals surface area contributed by atoms with E-state index < -0.39 is 0 Å². The number of nitrogens with zero attached hydrogens (tertiary/aromatic N) is 3. The van der Waals surface area contributed by atoms with Crippen LogP contribution in [-0.2, 0) is 6.54 Å². The van der Waals surface area contributed by atoms with Gasteiger partial charge in [0.1, 0.15) is 11.9 Å². The monoisotopic (exact) mass is 338 g/mol. The summed E-state index contributed by atoms with van der Waals surface area (Å²) in [6, 6.07) is 12.7. The van der Waals surface area contributed by atoms with Crippen molar-refractivity contribution >= 4 is 16.6 Å². The molecule has 7 nitrogen and oxygen atoms in total. The Bertz CT molecular complexity index is 891. The lowest BCUT2D eigenvalue weighted by atomic mass is 10.2. The predicted octanol–water partition coefficient (Wildman–Crippen LogP) is 3.12. The summed E-state index contributed by atoms with van der Waals surface area (Å²) >= 11 is 0. The van der Waals surface area contributed by atoms with E-state index in [4.69, 9.17) is 4.74 Å². The lowest BCUT2D eigenvalue weighted by Gasteiger charge is -2.17. The minimum atomic E-state index is -0.375. The maximum absolute atomic E-state index is 10.7. The number of aromatic amines is 1. The van der Waals surface area contributed by atoms with E-state index in [0.29, 0.717) is 0 Å². The zero-order valence-electron chi connectivity index (χ0n) is 13.6. The number of benzene rings is 2. The Morgan fingerprint density at radius 2 is 2.12 bits per heavy atom. The lowest BCUT2D eigenvalue weighted by Crippen LogP contribution is -2.24. The Hall–Kier alpha value is -2.93. The highest BCUT2D eigenvalue weighted by Crippen LogP contribution is 2.23. The molecule has 2 aromatic carbocycles. The van der Waals surface area contributed by atoms with E-state index in [9.17, 15) is 10.1 Å². The predicted molar refractivity (Wildman–Crippen MR) is 93.5 cm³/mol. The zero-order valence-corrected chi connectivity index (χ0v) is 13.6. The van der Waals surface area contributed by atoms with Gasteiger partial charge in [0.2, 0.25) is 0 Å². The van der Waals surface area contributed by atoms with E-state index in [1.54, 1.807) is 18.3 Å². The van der Waals surface area contributed by atoms with Crippen LogP contribution in [-0.4, -0.2) is 39.2 Å². The molecule has 0 bridgehead atoms. The van der Waals surface area contributed by atoms with Crippen molar-refractivity contribution in [2.24, 2.45) is 0 Å². The van der Waals surface area contributed by atoms with Gasteiger partial charge in [-0.2, -0.15) is 5.10 Å². The van der Waals surface area contributed by atoms with Crippen molar-refractivity contribution in [3.63, 3.8) is 0 Å². The third kappa shape index (κ3) is 3.46. The fourth-order valence-corrected chi connectivity index (χ4v) is 3.20. The van der Waals surface area contributed by atoms with Gasteiger partial charge in [0, 0.05) is 37.2 Å². The van der Waals surface area contributed by atoms with Crippen LogP contribution in [0.4, 0.5) is 5.69 Å². The Morgan fingerprint density at radius 3 is 2.92 bits per heavy atom. The maximum Gasteiger partial charge on any atom is 0.269 e. The molecule has 0 amide bonds. The Kier molecular flexibility index (Phi) is 4.07. The molecule has 0 aliphatic carbocycles. The topological polar surface area (TPSA) is 84.3 Å². The normalized spacial score (nSPS) is 17.8. The standard InChI is InChI=1S/C18H18N4O3/c23-22(24)15-3-1-13(2-4-15)11-21-8-7-17(12-21)25-16-5-6-18-14(9-16)10-19-20-18/h1-6,9-10,17H,7-8,11-12H2,(H,19,20). The summed E-state index contributed by atoms with van der Waals surface area (Å²) in [5.74, 6) is 0.857. The molecule has 1 unspecified atom stereocenters. The minimum absolute atomic E-state index is 0.126. The minimum Gasteiger partial charge on any atom is -0.489 e. The Labute approximate surface area is 144 Å². The van der Waals surface area contributed by atoms with Gasteiger partial charge in [-0.15, -0.1) is 0 Å². The summed E-state index contributed by atoms with van der Waals surface area (Å²) in [4.78, 5) is 12.6. The fraction of sp³-hybridized carbons (Fsp3) is 0.278. The van der Waals surface area contributed by atoms with Crippen LogP contribution in [0.15, 0.2) is 48.7 Å². The van der Waals surface area contributed by atoms with Gasteiger partial charge in [-0.3, -0.25) is 20.1 Å². The SMILES string of the molecule is O=[N+]([O-])c1ccc(CN2CCC(Oc3ccc4[nH]ncc4c3)C2)cc1. The molecule has 1 N–H and O–H groups in total. The number of fused-ring (bicyclic) bond motifs is 1. The fourth-order valence-electron chi connectivity index (χ4n) is 3.20. The molecule has 25 heavy (non-hydrogen) atoms. The molecule has 7 heteroatoms. The van der Waals surface area contributed by atoms with Crippen LogP contribution in [0.3, 0.4) is 0 Å². The van der Waals surface area contributed by atoms with Gasteiger partial charge >= 0.3 is 0 Å². The van der Waals surface area contributed by atoms with E-state index in [1.165, 1.54) is 0 Å². The van der Waals surface area contributed by atoms with Gasteiger partial charge in [0.15, 0.2) is 0 Å². The van der Waals surface area contributed by atoms with Gasteiger partial charge in [-0.25, -0.2) is 0 Å². The highest BCUT2D eigenvalue weighted by Gasteiger charge is 2.24. The number of aromatic nitrogens is 2. The first kappa shape index (κ1) is 15.6. The van der Waals surface area contributed by atoms with E-state index in [2.05, 4.69) is 15.1 Å². The number of nitrogens with one attached hydrogen (secondary N) is 1. The summed E-state index contributed by atoms with van der Waals surface area (Å²) in [5, 5.41) is 18.7. The van der Waals surface area contributed by atoms with Crippen LogP contribution in [0.2, 0.25) is 0 Å². The van der Waals surface area contributed by atoms with E-state index in [-0.39, 0.29) is 16.7 Å². The highest BCUT2D eigenvalue weighted by atomic mass is 16.6. The van der Waals surface area contributed by atoms with Crippen molar-refractivity contribution in [3.05, 3.63) is 64.3 Å². The van der Waals surface area contributed by atoms with Crippen molar-refractivity contribution < 1.29 is 9.66 Å². The molecule has 0 radical (unpaired) electrons. The molecule has 2 heterocycles. The summed E-state index contributed by atoms with van der Waals surface area (Å²) in [5.41, 5.74) is 2.20. The first-order valence-corrected chi connectivity index (χ1v) is 8.23. The van der Waals surface area contributed by atoms with Crippen molar-refractivity contribution in [1.29, 1.82) is 0 Å². The average Bonchev–Trinajstić information content (AvgIpc) is 3.24. The molecule has 1 aliphatic rings. The molecular weight excluding hydrogens is 320 g/mol. The second kappa shape index (κ2) is 6.52. The van der Waals surface area contributed by atoms with Gasteiger partial charge in [0.05, 0.1) is 16.6 Å². The van der Waals surface area contributed by atoms with Gasteiger partial charge < -0.3 is 4.74 Å². The molecule has 1 saturated heterocycles. The van der Waals surface area contributed by atoms with Crippen molar-refractivity contribution in [2.45, 2.75) is 19.1 Å². The molecule has 4 rings (SSSR count). The Morgan fingerprint density at radius 1 is 1.28 bits per heavy atom. The number of nitro groups is 1. The third-order valence-electron chi connectivity index (χ3n) is 4.50. The van der Waals surface area contributed by atoms with Crippen molar-refractivity contribution in [1.82, 2.24) is 15.1 Å². The Balaban J connectivity index is 1.35. The van der Waals surface area contributed by atoms with Crippen molar-refractivity contribution in [2.75, 3.05) is 13.1 Å². The van der Waals surface area contributed by atoms with Crippen LogP contribution in [0.1, 0.15) is 12.0 Å². The number of likely N-dealkylation sites (tertiary alicyclic amines) is 1. The molecule has 0 saturated carbocycles. The smallest absolute Gasteiger partial charge is 0.269 e. The summed E-state index contributed by atoms with van der Waals surface area (Å²) in [6.45, 7) is 2.58. The number of nitro benzene ring substituents is 1. The van der Waals surface area contributed by atoms with Crippen LogP contribution in [0.25, 0.3) is 10.9 Å². The quantitative estimate of drug-likeness (QED) is 0.571. The van der Waals surface area contributed by atoms with Crippen LogP contribution in [0.5, 0.6) is 5.75 Å². The summed E-state index contributed by atoms with van der Waals surface area (Å²) in [6.07, 6.45) is 2.91. The molecule has 3 aromatic rings. The number of hydrogen-bond acceptors (Lipinski definition) is 5. The number of H-pyrrole nitrogens is 1. The van der Waals surface area contributed by atoms with E-state index in [1.807, 2.05) is 30.3 Å². The molecule has 1 aliphatic heterocycles. The van der Waals surface area contributed by atoms with E-state index >= 15 is 0 Å². The van der Waals surface area contributed by atoms with Gasteiger partial charge in [-0.05, 0) is 30.2 Å². The lowest BCUT2D eigenvalue weighted by molar-refractivity contribution is -0.384. The number of rotatable bonds is 5. The second-order valence-corrected chi connectivity index (χ2v) is 6.31. The number of non-ortho nitro benzene ring substituents is 1.